The van der Waals surface area contributed by atoms with Gasteiger partial charge in [0.15, 0.2) is 0 Å². The molecule has 0 aliphatic carbocycles. The number of nitrogens with zero attached hydrogens (tertiary/aromatic N) is 2. The van der Waals surface area contributed by atoms with Gasteiger partial charge in [0.25, 0.3) is 0 Å². The average molecular weight is 260 g/mol. The maximum Gasteiger partial charge on any atom is 0.244 e. The SMILES string of the molecule is CC(C)[C@H](N)c1nc(-c2ccsc2)no1.Cl. The molecule has 0 saturated heterocycles. The highest BCUT2D eigenvalue weighted by atomic mass is 35.5. The predicted molar refractivity (Wildman–Crippen MR) is 66.6 cm³/mol. The molecule has 0 unspecified atom stereocenters. The predicted octanol–water partition coefficient (Wildman–Crippen LogP) is 2.88. The second-order valence-corrected chi connectivity index (χ2v) is 4.52. The van der Waals surface area contributed by atoms with E-state index >= 15 is 0 Å². The van der Waals surface area contributed by atoms with Gasteiger partial charge in [-0.2, -0.15) is 16.3 Å². The Morgan fingerprint density at radius 2 is 2.19 bits per heavy atom. The Bertz CT molecular complexity index is 427. The Balaban J connectivity index is 0.00000128. The minimum absolute atomic E-state index is 0. The van der Waals surface area contributed by atoms with Gasteiger partial charge in [0, 0.05) is 10.9 Å². The molecule has 0 bridgehead atoms. The fourth-order valence-electron chi connectivity index (χ4n) is 1.16. The van der Waals surface area contributed by atoms with Gasteiger partial charge in [-0.15, -0.1) is 12.4 Å². The molecule has 0 aliphatic rings. The van der Waals surface area contributed by atoms with E-state index in [9.17, 15) is 0 Å². The number of aromatic nitrogens is 2. The highest BCUT2D eigenvalue weighted by Crippen LogP contribution is 2.22. The van der Waals surface area contributed by atoms with Crippen molar-refractivity contribution in [2.45, 2.75) is 19.9 Å². The first-order valence-electron chi connectivity index (χ1n) is 4.80. The summed E-state index contributed by atoms with van der Waals surface area (Å²) >= 11 is 1.61. The quantitative estimate of drug-likeness (QED) is 0.921. The second-order valence-electron chi connectivity index (χ2n) is 3.74. The van der Waals surface area contributed by atoms with Crippen LogP contribution in [0.1, 0.15) is 25.8 Å². The summed E-state index contributed by atoms with van der Waals surface area (Å²) < 4.78 is 5.13. The van der Waals surface area contributed by atoms with Crippen molar-refractivity contribution in [3.8, 4) is 11.4 Å². The van der Waals surface area contributed by atoms with Crippen LogP contribution >= 0.6 is 23.7 Å². The largest absolute Gasteiger partial charge is 0.337 e. The number of nitrogens with two attached hydrogens (primary N) is 1. The van der Waals surface area contributed by atoms with Crippen molar-refractivity contribution >= 4 is 23.7 Å². The van der Waals surface area contributed by atoms with Gasteiger partial charge < -0.3 is 10.3 Å². The molecule has 0 radical (unpaired) electrons. The highest BCUT2D eigenvalue weighted by Gasteiger charge is 2.18. The molecule has 16 heavy (non-hydrogen) atoms. The molecule has 1 atom stereocenters. The van der Waals surface area contributed by atoms with Gasteiger partial charge in [0.2, 0.25) is 11.7 Å². The van der Waals surface area contributed by atoms with E-state index in [-0.39, 0.29) is 18.4 Å². The van der Waals surface area contributed by atoms with Crippen LogP contribution in [0.15, 0.2) is 21.3 Å². The standard InChI is InChI=1S/C10H13N3OS.ClH/c1-6(2)8(11)10-12-9(13-14-10)7-3-4-15-5-7;/h3-6,8H,11H2,1-2H3;1H/t8-;/m0./s1. The van der Waals surface area contributed by atoms with E-state index < -0.39 is 0 Å². The topological polar surface area (TPSA) is 64.9 Å². The number of rotatable bonds is 3. The van der Waals surface area contributed by atoms with Crippen molar-refractivity contribution in [1.82, 2.24) is 10.1 Å². The number of halogens is 1. The van der Waals surface area contributed by atoms with E-state index in [1.165, 1.54) is 0 Å². The van der Waals surface area contributed by atoms with E-state index in [1.54, 1.807) is 11.3 Å². The number of hydrogen-bond donors (Lipinski definition) is 1. The van der Waals surface area contributed by atoms with Crippen molar-refractivity contribution in [3.63, 3.8) is 0 Å². The molecule has 0 aromatic carbocycles. The minimum atomic E-state index is -0.190. The second kappa shape index (κ2) is 5.43. The van der Waals surface area contributed by atoms with Gasteiger partial charge in [-0.25, -0.2) is 0 Å². The van der Waals surface area contributed by atoms with Gasteiger partial charge in [-0.3, -0.25) is 0 Å². The third-order valence-electron chi connectivity index (χ3n) is 2.22. The zero-order valence-electron chi connectivity index (χ0n) is 9.08. The van der Waals surface area contributed by atoms with Crippen LogP contribution in [0, 0.1) is 5.92 Å². The van der Waals surface area contributed by atoms with Crippen molar-refractivity contribution in [2.24, 2.45) is 11.7 Å². The van der Waals surface area contributed by atoms with E-state index in [1.807, 2.05) is 30.7 Å². The van der Waals surface area contributed by atoms with Gasteiger partial charge in [-0.05, 0) is 17.4 Å². The van der Waals surface area contributed by atoms with E-state index in [0.29, 0.717) is 17.6 Å². The van der Waals surface area contributed by atoms with E-state index in [0.717, 1.165) is 5.56 Å². The van der Waals surface area contributed by atoms with Gasteiger partial charge in [-0.1, -0.05) is 19.0 Å². The molecule has 2 heterocycles. The van der Waals surface area contributed by atoms with Crippen LogP contribution in [0.4, 0.5) is 0 Å². The Hall–Kier alpha value is -0.910. The van der Waals surface area contributed by atoms with Crippen LogP contribution in [0.3, 0.4) is 0 Å². The van der Waals surface area contributed by atoms with Gasteiger partial charge in [0.1, 0.15) is 0 Å². The molecule has 4 nitrogen and oxygen atoms in total. The van der Waals surface area contributed by atoms with Crippen molar-refractivity contribution in [2.75, 3.05) is 0 Å². The zero-order valence-corrected chi connectivity index (χ0v) is 10.7. The molecule has 0 aliphatic heterocycles. The van der Waals surface area contributed by atoms with E-state index in [4.69, 9.17) is 10.3 Å². The number of hydrogen-bond acceptors (Lipinski definition) is 5. The molecule has 6 heteroatoms. The fraction of sp³-hybridized carbons (Fsp3) is 0.400. The van der Waals surface area contributed by atoms with E-state index in [2.05, 4.69) is 10.1 Å². The number of thiophene rings is 1. The van der Waals surface area contributed by atoms with Crippen molar-refractivity contribution in [3.05, 3.63) is 22.7 Å². The summed E-state index contributed by atoms with van der Waals surface area (Å²) in [7, 11) is 0. The molecule has 2 rings (SSSR count). The summed E-state index contributed by atoms with van der Waals surface area (Å²) in [4.78, 5) is 4.28. The fourth-order valence-corrected chi connectivity index (χ4v) is 1.80. The molecule has 2 aromatic heterocycles. The molecule has 2 aromatic rings. The normalized spacial score (nSPS) is 12.5. The molecule has 2 N–H and O–H groups in total. The molecule has 0 spiro atoms. The van der Waals surface area contributed by atoms with Crippen molar-refractivity contribution in [1.29, 1.82) is 0 Å². The molecular weight excluding hydrogens is 246 g/mol. The first-order chi connectivity index (χ1) is 7.18. The first-order valence-corrected chi connectivity index (χ1v) is 5.74. The summed E-state index contributed by atoms with van der Waals surface area (Å²) in [6, 6.07) is 1.77. The molecular formula is C10H14ClN3OS. The van der Waals surface area contributed by atoms with Crippen molar-refractivity contribution < 1.29 is 4.52 Å². The lowest BCUT2D eigenvalue weighted by Crippen LogP contribution is -2.16. The monoisotopic (exact) mass is 259 g/mol. The molecule has 0 amide bonds. The highest BCUT2D eigenvalue weighted by molar-refractivity contribution is 7.08. The van der Waals surface area contributed by atoms with Crippen LogP contribution in [-0.4, -0.2) is 10.1 Å². The maximum atomic E-state index is 5.91. The smallest absolute Gasteiger partial charge is 0.244 e. The average Bonchev–Trinajstić information content (AvgIpc) is 2.86. The van der Waals surface area contributed by atoms with Crippen LogP contribution in [0.25, 0.3) is 11.4 Å². The molecule has 88 valence electrons. The summed E-state index contributed by atoms with van der Waals surface area (Å²) in [5, 5.41) is 7.86. The minimum Gasteiger partial charge on any atom is -0.337 e. The summed E-state index contributed by atoms with van der Waals surface area (Å²) in [6.45, 7) is 4.05. The summed E-state index contributed by atoms with van der Waals surface area (Å²) in [6.07, 6.45) is 0. The van der Waals surface area contributed by atoms with Gasteiger partial charge in [0.05, 0.1) is 6.04 Å². The molecule has 0 saturated carbocycles. The Labute approximate surface area is 104 Å². The lowest BCUT2D eigenvalue weighted by molar-refractivity contribution is 0.325. The summed E-state index contributed by atoms with van der Waals surface area (Å²) in [5.74, 6) is 1.41. The van der Waals surface area contributed by atoms with Gasteiger partial charge >= 0.3 is 0 Å². The van der Waals surface area contributed by atoms with Crippen LogP contribution in [-0.2, 0) is 0 Å². The van der Waals surface area contributed by atoms with Crippen LogP contribution < -0.4 is 5.73 Å². The third-order valence-corrected chi connectivity index (χ3v) is 2.91. The lowest BCUT2D eigenvalue weighted by atomic mass is 10.1. The van der Waals surface area contributed by atoms with Crippen LogP contribution in [0.5, 0.6) is 0 Å². The lowest BCUT2D eigenvalue weighted by Gasteiger charge is -2.08. The third kappa shape index (κ3) is 2.61. The summed E-state index contributed by atoms with van der Waals surface area (Å²) in [5.41, 5.74) is 6.89. The molecule has 0 fully saturated rings. The Kier molecular flexibility index (Phi) is 4.46. The Morgan fingerprint density at radius 1 is 1.44 bits per heavy atom. The first kappa shape index (κ1) is 13.2. The van der Waals surface area contributed by atoms with Crippen LogP contribution in [0.2, 0.25) is 0 Å². The Morgan fingerprint density at radius 3 is 2.75 bits per heavy atom. The maximum absolute atomic E-state index is 5.91. The zero-order chi connectivity index (χ0) is 10.8.